The first kappa shape index (κ1) is 15.8. The molecule has 1 aromatic carbocycles. The third-order valence-electron chi connectivity index (χ3n) is 4.57. The first-order chi connectivity index (χ1) is 12.2. The summed E-state index contributed by atoms with van der Waals surface area (Å²) in [7, 11) is 0. The lowest BCUT2D eigenvalue weighted by molar-refractivity contribution is -0.119. The van der Waals surface area contributed by atoms with Gasteiger partial charge in [-0.05, 0) is 30.0 Å². The van der Waals surface area contributed by atoms with Crippen molar-refractivity contribution < 1.29 is 14.4 Å². The Morgan fingerprint density at radius 2 is 1.84 bits per heavy atom. The SMILES string of the molecule is O=C(c1cccs1)N1CCCN2C(=O)N(c3ccccc3)C(=O)C2C1. The van der Waals surface area contributed by atoms with Crippen molar-refractivity contribution >= 4 is 34.9 Å². The Labute approximate surface area is 149 Å². The van der Waals surface area contributed by atoms with Crippen LogP contribution in [0.25, 0.3) is 0 Å². The van der Waals surface area contributed by atoms with Gasteiger partial charge in [0.25, 0.3) is 11.8 Å². The number of amides is 4. The van der Waals surface area contributed by atoms with Gasteiger partial charge in [-0.15, -0.1) is 11.3 Å². The van der Waals surface area contributed by atoms with Crippen molar-refractivity contribution in [3.05, 3.63) is 52.7 Å². The van der Waals surface area contributed by atoms with Crippen LogP contribution in [0, 0.1) is 0 Å². The monoisotopic (exact) mass is 355 g/mol. The second-order valence-corrected chi connectivity index (χ2v) is 7.03. The fourth-order valence-corrected chi connectivity index (χ4v) is 4.04. The number of anilines is 1. The van der Waals surface area contributed by atoms with Crippen LogP contribution >= 0.6 is 11.3 Å². The highest BCUT2D eigenvalue weighted by Gasteiger charge is 2.47. The van der Waals surface area contributed by atoms with Crippen LogP contribution in [0.3, 0.4) is 0 Å². The number of carbonyl (C=O) groups excluding carboxylic acids is 3. The lowest BCUT2D eigenvalue weighted by atomic mass is 10.2. The van der Waals surface area contributed by atoms with Crippen molar-refractivity contribution in [1.82, 2.24) is 9.80 Å². The second kappa shape index (κ2) is 6.33. The lowest BCUT2D eigenvalue weighted by Crippen LogP contribution is -2.43. The zero-order chi connectivity index (χ0) is 17.4. The van der Waals surface area contributed by atoms with Gasteiger partial charge in [-0.1, -0.05) is 24.3 Å². The fourth-order valence-electron chi connectivity index (χ4n) is 3.35. The summed E-state index contributed by atoms with van der Waals surface area (Å²) >= 11 is 1.39. The normalized spacial score (nSPS) is 20.6. The zero-order valence-corrected chi connectivity index (χ0v) is 14.3. The molecule has 4 rings (SSSR count). The number of fused-ring (bicyclic) bond motifs is 1. The molecule has 2 fully saturated rings. The topological polar surface area (TPSA) is 60.9 Å². The number of urea groups is 1. The maximum atomic E-state index is 12.9. The number of rotatable bonds is 2. The molecule has 0 radical (unpaired) electrons. The van der Waals surface area contributed by atoms with E-state index < -0.39 is 6.04 Å². The van der Waals surface area contributed by atoms with Crippen molar-refractivity contribution in [2.75, 3.05) is 24.5 Å². The van der Waals surface area contributed by atoms with E-state index in [9.17, 15) is 14.4 Å². The van der Waals surface area contributed by atoms with Crippen LogP contribution in [0.2, 0.25) is 0 Å². The van der Waals surface area contributed by atoms with E-state index in [2.05, 4.69) is 0 Å². The number of para-hydroxylation sites is 1. The summed E-state index contributed by atoms with van der Waals surface area (Å²) in [6.45, 7) is 1.27. The first-order valence-corrected chi connectivity index (χ1v) is 9.07. The molecule has 6 nitrogen and oxygen atoms in total. The average Bonchev–Trinajstić information content (AvgIpc) is 3.16. The van der Waals surface area contributed by atoms with Crippen LogP contribution in [0.4, 0.5) is 10.5 Å². The number of hydrogen-bond acceptors (Lipinski definition) is 4. The Morgan fingerprint density at radius 1 is 1.04 bits per heavy atom. The largest absolute Gasteiger partial charge is 0.335 e. The highest BCUT2D eigenvalue weighted by molar-refractivity contribution is 7.12. The Hall–Kier alpha value is -2.67. The van der Waals surface area contributed by atoms with E-state index in [-0.39, 0.29) is 24.4 Å². The van der Waals surface area contributed by atoms with E-state index in [1.165, 1.54) is 16.2 Å². The molecule has 2 aliphatic heterocycles. The van der Waals surface area contributed by atoms with Crippen molar-refractivity contribution in [2.45, 2.75) is 12.5 Å². The first-order valence-electron chi connectivity index (χ1n) is 8.19. The minimum atomic E-state index is -0.612. The molecule has 0 saturated carbocycles. The van der Waals surface area contributed by atoms with E-state index in [4.69, 9.17) is 0 Å². The highest BCUT2D eigenvalue weighted by Crippen LogP contribution is 2.28. The molecule has 0 bridgehead atoms. The van der Waals surface area contributed by atoms with Gasteiger partial charge in [0.05, 0.1) is 17.1 Å². The van der Waals surface area contributed by atoms with Crippen LogP contribution in [0.1, 0.15) is 16.1 Å². The molecule has 7 heteroatoms. The van der Waals surface area contributed by atoms with Crippen LogP contribution < -0.4 is 4.90 Å². The van der Waals surface area contributed by atoms with Gasteiger partial charge >= 0.3 is 6.03 Å². The molecular weight excluding hydrogens is 338 g/mol. The Kier molecular flexibility index (Phi) is 4.01. The molecule has 25 heavy (non-hydrogen) atoms. The molecule has 0 N–H and O–H groups in total. The molecule has 1 unspecified atom stereocenters. The number of nitrogens with zero attached hydrogens (tertiary/aromatic N) is 3. The molecule has 2 saturated heterocycles. The molecule has 1 atom stereocenters. The summed E-state index contributed by atoms with van der Waals surface area (Å²) in [5.41, 5.74) is 0.571. The lowest BCUT2D eigenvalue weighted by Gasteiger charge is -2.23. The van der Waals surface area contributed by atoms with Gasteiger partial charge in [-0.2, -0.15) is 0 Å². The van der Waals surface area contributed by atoms with Gasteiger partial charge in [0.2, 0.25) is 0 Å². The minimum Gasteiger partial charge on any atom is -0.335 e. The number of imide groups is 1. The summed E-state index contributed by atoms with van der Waals surface area (Å²) in [6, 6.07) is 11.6. The van der Waals surface area contributed by atoms with Gasteiger partial charge in [-0.25, -0.2) is 9.69 Å². The van der Waals surface area contributed by atoms with Crippen LogP contribution in [0.15, 0.2) is 47.8 Å². The summed E-state index contributed by atoms with van der Waals surface area (Å²) < 4.78 is 0. The summed E-state index contributed by atoms with van der Waals surface area (Å²) in [6.07, 6.45) is 0.662. The fraction of sp³-hybridized carbons (Fsp3) is 0.278. The third kappa shape index (κ3) is 2.70. The zero-order valence-electron chi connectivity index (χ0n) is 13.5. The number of hydrogen-bond donors (Lipinski definition) is 0. The Morgan fingerprint density at radius 3 is 2.56 bits per heavy atom. The van der Waals surface area contributed by atoms with Gasteiger partial charge in [0.15, 0.2) is 0 Å². The standard InChI is InChI=1S/C18H17N3O3S/c22-16-14-12-19(17(23)15-8-4-11-25-15)9-5-10-20(14)18(24)21(16)13-6-2-1-3-7-13/h1-4,6-8,11,14H,5,9-10,12H2. The molecule has 1 aromatic heterocycles. The number of thiophene rings is 1. The maximum absolute atomic E-state index is 12.9. The van der Waals surface area contributed by atoms with Crippen molar-refractivity contribution in [3.8, 4) is 0 Å². The van der Waals surface area contributed by atoms with Gasteiger partial charge < -0.3 is 9.80 Å². The average molecular weight is 355 g/mol. The van der Waals surface area contributed by atoms with Crippen molar-refractivity contribution in [3.63, 3.8) is 0 Å². The van der Waals surface area contributed by atoms with Crippen LogP contribution in [-0.4, -0.2) is 53.3 Å². The predicted molar refractivity (Wildman–Crippen MR) is 94.7 cm³/mol. The Balaban J connectivity index is 1.60. The van der Waals surface area contributed by atoms with E-state index in [1.807, 2.05) is 17.5 Å². The molecule has 3 heterocycles. The number of benzene rings is 1. The minimum absolute atomic E-state index is 0.0738. The Bertz CT molecular complexity index is 806. The molecule has 0 aliphatic carbocycles. The van der Waals surface area contributed by atoms with Gasteiger partial charge in [0, 0.05) is 13.1 Å². The van der Waals surface area contributed by atoms with Gasteiger partial charge in [-0.3, -0.25) is 9.59 Å². The van der Waals surface area contributed by atoms with E-state index in [1.54, 1.807) is 40.1 Å². The second-order valence-electron chi connectivity index (χ2n) is 6.08. The van der Waals surface area contributed by atoms with E-state index >= 15 is 0 Å². The quantitative estimate of drug-likeness (QED) is 0.778. The maximum Gasteiger partial charge on any atom is 0.332 e. The van der Waals surface area contributed by atoms with Gasteiger partial charge in [0.1, 0.15) is 6.04 Å². The van der Waals surface area contributed by atoms with E-state index in [0.717, 1.165) is 0 Å². The van der Waals surface area contributed by atoms with Crippen molar-refractivity contribution in [1.29, 1.82) is 0 Å². The van der Waals surface area contributed by atoms with Crippen LogP contribution in [0.5, 0.6) is 0 Å². The smallest absolute Gasteiger partial charge is 0.332 e. The molecule has 4 amide bonds. The summed E-state index contributed by atoms with van der Waals surface area (Å²) in [4.78, 5) is 43.4. The molecular formula is C18H17N3O3S. The molecule has 128 valence electrons. The predicted octanol–water partition coefficient (Wildman–Crippen LogP) is 2.43. The van der Waals surface area contributed by atoms with Crippen LogP contribution in [-0.2, 0) is 4.79 Å². The summed E-state index contributed by atoms with van der Waals surface area (Å²) in [5.74, 6) is -0.336. The van der Waals surface area contributed by atoms with E-state index in [0.29, 0.717) is 30.1 Å². The molecule has 0 spiro atoms. The van der Waals surface area contributed by atoms with Crippen molar-refractivity contribution in [2.24, 2.45) is 0 Å². The molecule has 2 aromatic rings. The number of carbonyl (C=O) groups is 3. The molecule has 2 aliphatic rings. The highest BCUT2D eigenvalue weighted by atomic mass is 32.1. The summed E-state index contributed by atoms with van der Waals surface area (Å²) in [5, 5.41) is 1.86. The third-order valence-corrected chi connectivity index (χ3v) is 5.43.